The van der Waals surface area contributed by atoms with E-state index in [-0.39, 0.29) is 13.0 Å². The van der Waals surface area contributed by atoms with Gasteiger partial charge >= 0.3 is 5.97 Å². The van der Waals surface area contributed by atoms with Crippen LogP contribution in [0.25, 0.3) is 0 Å². The first-order chi connectivity index (χ1) is 5.26. The number of aliphatic hydroxyl groups excluding tert-OH is 1. The maximum atomic E-state index is 10.9. The van der Waals surface area contributed by atoms with Crippen molar-refractivity contribution in [2.75, 3.05) is 13.2 Å². The highest BCUT2D eigenvalue weighted by atomic mass is 35.5. The second kappa shape index (κ2) is 6.39. The summed E-state index contributed by atoms with van der Waals surface area (Å²) in [5.41, 5.74) is 0. The first-order valence-electron chi connectivity index (χ1n) is 3.39. The van der Waals surface area contributed by atoms with E-state index >= 15 is 0 Å². The van der Waals surface area contributed by atoms with Crippen molar-refractivity contribution in [3.63, 3.8) is 0 Å². The quantitative estimate of drug-likeness (QED) is 0.465. The number of hydrogen-bond acceptors (Lipinski definition) is 4. The molecule has 5 heteroatoms. The van der Waals surface area contributed by atoms with Crippen LogP contribution in [0.5, 0.6) is 0 Å². The van der Waals surface area contributed by atoms with Gasteiger partial charge in [-0.25, -0.2) is 4.84 Å². The Kier molecular flexibility index (Phi) is 6.21. The van der Waals surface area contributed by atoms with Crippen molar-refractivity contribution in [2.45, 2.75) is 19.4 Å². The van der Waals surface area contributed by atoms with Crippen molar-refractivity contribution < 1.29 is 14.6 Å². The van der Waals surface area contributed by atoms with E-state index in [2.05, 4.69) is 9.57 Å². The van der Waals surface area contributed by atoms with Gasteiger partial charge in [0.2, 0.25) is 0 Å². The summed E-state index contributed by atoms with van der Waals surface area (Å²) in [5, 5.41) is 8.48. The molecule has 4 nitrogen and oxygen atoms in total. The number of ether oxygens (including phenoxy) is 1. The lowest BCUT2D eigenvalue weighted by atomic mass is 10.2. The molecule has 0 saturated heterocycles. The predicted molar refractivity (Wildman–Crippen MR) is 41.1 cm³/mol. The van der Waals surface area contributed by atoms with Crippen LogP contribution in [0.15, 0.2) is 0 Å². The third-order valence-electron chi connectivity index (χ3n) is 1.12. The number of rotatable bonds is 5. The minimum atomic E-state index is -0.610. The van der Waals surface area contributed by atoms with Gasteiger partial charge in [-0.05, 0) is 25.1 Å². The van der Waals surface area contributed by atoms with Gasteiger partial charge in [-0.2, -0.15) is 0 Å². The molecule has 2 N–H and O–H groups in total. The molecule has 11 heavy (non-hydrogen) atoms. The lowest BCUT2D eigenvalue weighted by Crippen LogP contribution is -2.33. The summed E-state index contributed by atoms with van der Waals surface area (Å²) in [6.07, 6.45) is 0.266. The molecular weight excluding hydrogens is 170 g/mol. The normalized spacial score (nSPS) is 12.6. The highest BCUT2D eigenvalue weighted by Crippen LogP contribution is 1.95. The average molecular weight is 182 g/mol. The van der Waals surface area contributed by atoms with Crippen LogP contribution in [0, 0.1) is 0 Å². The first-order valence-corrected chi connectivity index (χ1v) is 3.77. The van der Waals surface area contributed by atoms with Gasteiger partial charge in [0, 0.05) is 6.61 Å². The lowest BCUT2D eigenvalue weighted by molar-refractivity contribution is -0.145. The largest absolute Gasteiger partial charge is 0.465 e. The summed E-state index contributed by atoms with van der Waals surface area (Å²) in [7, 11) is 0. The number of aliphatic hydroxyl groups is 1. The predicted octanol–water partition coefficient (Wildman–Crippen LogP) is 0.0439. The number of esters is 1. The summed E-state index contributed by atoms with van der Waals surface area (Å²) in [6.45, 7) is 1.94. The van der Waals surface area contributed by atoms with Crippen LogP contribution in [-0.4, -0.2) is 30.3 Å². The molecule has 0 unspecified atom stereocenters. The number of nitrogens with one attached hydrogen (secondary N) is 1. The Morgan fingerprint density at radius 1 is 1.82 bits per heavy atom. The van der Waals surface area contributed by atoms with Crippen LogP contribution in [0.4, 0.5) is 0 Å². The maximum Gasteiger partial charge on any atom is 0.324 e. The van der Waals surface area contributed by atoms with E-state index in [0.29, 0.717) is 6.61 Å². The van der Waals surface area contributed by atoms with Crippen molar-refractivity contribution >= 4 is 17.7 Å². The molecule has 66 valence electrons. The molecule has 0 aromatic rings. The van der Waals surface area contributed by atoms with E-state index in [4.69, 9.17) is 16.9 Å². The van der Waals surface area contributed by atoms with Gasteiger partial charge < -0.3 is 9.84 Å². The van der Waals surface area contributed by atoms with Gasteiger partial charge in [-0.3, -0.25) is 4.79 Å². The number of halogens is 1. The van der Waals surface area contributed by atoms with Crippen LogP contribution >= 0.6 is 11.8 Å². The zero-order valence-electron chi connectivity index (χ0n) is 6.34. The molecule has 0 aliphatic carbocycles. The summed E-state index contributed by atoms with van der Waals surface area (Å²) in [4.78, 5) is 13.1. The topological polar surface area (TPSA) is 58.6 Å². The molecule has 0 spiro atoms. The van der Waals surface area contributed by atoms with Gasteiger partial charge in [0.1, 0.15) is 6.04 Å². The van der Waals surface area contributed by atoms with E-state index in [1.807, 2.05) is 0 Å². The van der Waals surface area contributed by atoms with E-state index in [1.165, 1.54) is 0 Å². The van der Waals surface area contributed by atoms with Crippen molar-refractivity contribution in [1.29, 1.82) is 0 Å². The molecule has 0 aromatic heterocycles. The zero-order chi connectivity index (χ0) is 8.69. The van der Waals surface area contributed by atoms with Gasteiger partial charge in [0.25, 0.3) is 0 Å². The molecule has 0 aliphatic rings. The van der Waals surface area contributed by atoms with Crippen molar-refractivity contribution in [3.8, 4) is 0 Å². The Bertz CT molecular complexity index is 120. The van der Waals surface area contributed by atoms with Gasteiger partial charge in [-0.1, -0.05) is 0 Å². The van der Waals surface area contributed by atoms with Gasteiger partial charge in [-0.15, -0.1) is 0 Å². The van der Waals surface area contributed by atoms with E-state index in [9.17, 15) is 4.79 Å². The Hall–Kier alpha value is -0.320. The zero-order valence-corrected chi connectivity index (χ0v) is 7.10. The summed E-state index contributed by atoms with van der Waals surface area (Å²) in [5.74, 6) is -0.434. The third kappa shape index (κ3) is 4.19. The smallest absolute Gasteiger partial charge is 0.324 e. The van der Waals surface area contributed by atoms with Gasteiger partial charge in [0.05, 0.1) is 6.61 Å². The lowest BCUT2D eigenvalue weighted by Gasteiger charge is -2.10. The second-order valence-electron chi connectivity index (χ2n) is 1.93. The minimum absolute atomic E-state index is 0.0940. The van der Waals surface area contributed by atoms with Crippen molar-refractivity contribution in [2.24, 2.45) is 0 Å². The van der Waals surface area contributed by atoms with Crippen LogP contribution in [0.2, 0.25) is 0 Å². The molecular formula is C6H12ClNO3. The number of carbonyl (C=O) groups is 1. The average Bonchev–Trinajstić information content (AvgIpc) is 2.00. The monoisotopic (exact) mass is 181 g/mol. The first kappa shape index (κ1) is 10.7. The van der Waals surface area contributed by atoms with Gasteiger partial charge in [0.15, 0.2) is 0 Å². The van der Waals surface area contributed by atoms with Crippen molar-refractivity contribution in [1.82, 2.24) is 4.84 Å². The summed E-state index contributed by atoms with van der Waals surface area (Å²) >= 11 is 5.21. The van der Waals surface area contributed by atoms with E-state index < -0.39 is 12.0 Å². The molecule has 0 rings (SSSR count). The highest BCUT2D eigenvalue weighted by Gasteiger charge is 2.16. The molecule has 0 fully saturated rings. The number of hydrogen-bond donors (Lipinski definition) is 2. The van der Waals surface area contributed by atoms with Crippen LogP contribution < -0.4 is 4.84 Å². The summed E-state index contributed by atoms with van der Waals surface area (Å²) < 4.78 is 4.65. The fourth-order valence-electron chi connectivity index (χ4n) is 0.589. The Labute approximate surface area is 70.6 Å². The molecule has 1 atom stereocenters. The molecule has 0 aliphatic heterocycles. The molecule has 0 radical (unpaired) electrons. The maximum absolute atomic E-state index is 10.9. The molecule has 0 saturated carbocycles. The fraction of sp³-hybridized carbons (Fsp3) is 0.833. The standard InChI is InChI=1S/C6H12ClNO3/c1-2-11-6(10)5(8-7)3-4-9/h5,8-9H,2-4H2,1H3/t5-/m0/s1. The molecule has 0 heterocycles. The number of carbonyl (C=O) groups excluding carboxylic acids is 1. The van der Waals surface area contributed by atoms with Crippen LogP contribution in [0.3, 0.4) is 0 Å². The molecule has 0 amide bonds. The Morgan fingerprint density at radius 3 is 2.82 bits per heavy atom. The molecule has 0 bridgehead atoms. The molecule has 0 aromatic carbocycles. The fourth-order valence-corrected chi connectivity index (χ4v) is 0.787. The Balaban J connectivity index is 3.71. The van der Waals surface area contributed by atoms with E-state index in [1.54, 1.807) is 6.92 Å². The second-order valence-corrected chi connectivity index (χ2v) is 2.14. The van der Waals surface area contributed by atoms with Crippen LogP contribution in [-0.2, 0) is 9.53 Å². The highest BCUT2D eigenvalue weighted by molar-refractivity contribution is 6.14. The SMILES string of the molecule is CCOC(=O)[C@H](CCO)NCl. The Morgan fingerprint density at radius 2 is 2.45 bits per heavy atom. The van der Waals surface area contributed by atoms with Crippen molar-refractivity contribution in [3.05, 3.63) is 0 Å². The van der Waals surface area contributed by atoms with E-state index in [0.717, 1.165) is 0 Å². The third-order valence-corrected chi connectivity index (χ3v) is 1.38. The van der Waals surface area contributed by atoms with Crippen LogP contribution in [0.1, 0.15) is 13.3 Å². The minimum Gasteiger partial charge on any atom is -0.465 e. The summed E-state index contributed by atoms with van der Waals surface area (Å²) in [6, 6.07) is -0.610.